The number of hydrogen-bond donors (Lipinski definition) is 0. The zero-order valence-corrected chi connectivity index (χ0v) is 13.3. The Labute approximate surface area is 132 Å². The maximum Gasteiger partial charge on any atom is 0.254 e. The zero-order valence-electron chi connectivity index (χ0n) is 12.4. The van der Waals surface area contributed by atoms with Crippen LogP contribution in [-0.2, 0) is 0 Å². The molecule has 0 radical (unpaired) electrons. The third-order valence-electron chi connectivity index (χ3n) is 4.56. The minimum atomic E-state index is 0.0942. The maximum absolute atomic E-state index is 12.2. The summed E-state index contributed by atoms with van der Waals surface area (Å²) < 4.78 is 5.44. The second-order valence-corrected chi connectivity index (χ2v) is 6.83. The first-order valence-electron chi connectivity index (χ1n) is 7.57. The minimum Gasteiger partial charge on any atom is -0.338 e. The van der Waals surface area contributed by atoms with Crippen molar-refractivity contribution in [1.82, 2.24) is 19.9 Å². The number of carbonyl (C=O) groups is 1. The van der Waals surface area contributed by atoms with Crippen LogP contribution in [0.5, 0.6) is 0 Å². The van der Waals surface area contributed by atoms with Gasteiger partial charge in [-0.2, -0.15) is 16.3 Å². The minimum absolute atomic E-state index is 0.0942. The average molecular weight is 318 g/mol. The van der Waals surface area contributed by atoms with Gasteiger partial charge in [-0.3, -0.25) is 9.69 Å². The Bertz CT molecular complexity index is 663. The Morgan fingerprint density at radius 2 is 2.32 bits per heavy atom. The molecule has 2 aromatic rings. The third-order valence-corrected chi connectivity index (χ3v) is 5.25. The number of rotatable bonds is 3. The number of thiophene rings is 1. The maximum atomic E-state index is 12.2. The van der Waals surface area contributed by atoms with E-state index in [4.69, 9.17) is 4.52 Å². The molecule has 0 spiro atoms. The quantitative estimate of drug-likeness (QED) is 0.867. The van der Waals surface area contributed by atoms with E-state index in [1.54, 1.807) is 11.3 Å². The molecule has 2 aliphatic rings. The fraction of sp³-hybridized carbons (Fsp3) is 0.533. The van der Waals surface area contributed by atoms with Crippen LogP contribution in [0.1, 0.15) is 46.9 Å². The summed E-state index contributed by atoms with van der Waals surface area (Å²) in [6, 6.07) is 2.12. The molecule has 1 unspecified atom stereocenters. The van der Waals surface area contributed by atoms with Crippen molar-refractivity contribution < 1.29 is 9.32 Å². The highest BCUT2D eigenvalue weighted by molar-refractivity contribution is 7.08. The molecule has 1 atom stereocenters. The van der Waals surface area contributed by atoms with Crippen molar-refractivity contribution >= 4 is 17.2 Å². The topological polar surface area (TPSA) is 62.5 Å². The van der Waals surface area contributed by atoms with Gasteiger partial charge >= 0.3 is 0 Å². The van der Waals surface area contributed by atoms with E-state index in [1.165, 1.54) is 6.42 Å². The summed E-state index contributed by atoms with van der Waals surface area (Å²) in [7, 11) is 2.09. The van der Waals surface area contributed by atoms with Crippen molar-refractivity contribution in [3.05, 3.63) is 34.1 Å². The van der Waals surface area contributed by atoms with Crippen molar-refractivity contribution in [2.75, 3.05) is 26.7 Å². The molecule has 0 saturated carbocycles. The monoisotopic (exact) mass is 318 g/mol. The first kappa shape index (κ1) is 13.9. The summed E-state index contributed by atoms with van der Waals surface area (Å²) in [5.74, 6) is 1.76. The van der Waals surface area contributed by atoms with Crippen LogP contribution in [0.2, 0.25) is 0 Å². The van der Waals surface area contributed by atoms with Crippen LogP contribution in [-0.4, -0.2) is 52.5 Å². The van der Waals surface area contributed by atoms with Gasteiger partial charge in [0, 0.05) is 18.5 Å². The fourth-order valence-electron chi connectivity index (χ4n) is 3.15. The van der Waals surface area contributed by atoms with Crippen LogP contribution in [0.15, 0.2) is 21.3 Å². The molecule has 0 aliphatic carbocycles. The fourth-order valence-corrected chi connectivity index (χ4v) is 3.78. The first-order chi connectivity index (χ1) is 10.7. The number of carbonyl (C=O) groups excluding carboxylic acids is 1. The van der Waals surface area contributed by atoms with E-state index >= 15 is 0 Å². The second kappa shape index (κ2) is 5.48. The van der Waals surface area contributed by atoms with E-state index in [0.29, 0.717) is 13.1 Å². The van der Waals surface area contributed by atoms with Crippen LogP contribution in [0, 0.1) is 0 Å². The molecule has 0 bridgehead atoms. The highest BCUT2D eigenvalue weighted by Crippen LogP contribution is 2.32. The van der Waals surface area contributed by atoms with E-state index < -0.39 is 0 Å². The van der Waals surface area contributed by atoms with Crippen LogP contribution < -0.4 is 0 Å². The third kappa shape index (κ3) is 2.34. The Balaban J connectivity index is 1.39. The van der Waals surface area contributed by atoms with E-state index in [-0.39, 0.29) is 17.9 Å². The van der Waals surface area contributed by atoms with E-state index in [9.17, 15) is 4.79 Å². The molecule has 2 saturated heterocycles. The number of aromatic nitrogens is 2. The molecule has 1 amide bonds. The van der Waals surface area contributed by atoms with Crippen LogP contribution in [0.3, 0.4) is 0 Å². The van der Waals surface area contributed by atoms with Gasteiger partial charge in [0.25, 0.3) is 5.91 Å². The predicted octanol–water partition coefficient (Wildman–Crippen LogP) is 2.14. The summed E-state index contributed by atoms with van der Waals surface area (Å²) in [6.45, 7) is 2.43. The van der Waals surface area contributed by atoms with Gasteiger partial charge < -0.3 is 9.42 Å². The van der Waals surface area contributed by atoms with Gasteiger partial charge in [-0.15, -0.1) is 0 Å². The molecule has 2 aromatic heterocycles. The smallest absolute Gasteiger partial charge is 0.254 e. The molecular weight excluding hydrogens is 300 g/mol. The molecule has 2 aliphatic heterocycles. The van der Waals surface area contributed by atoms with E-state index in [0.717, 1.165) is 30.2 Å². The highest BCUT2D eigenvalue weighted by atomic mass is 32.1. The van der Waals surface area contributed by atoms with Crippen LogP contribution >= 0.6 is 11.3 Å². The lowest BCUT2D eigenvalue weighted by Crippen LogP contribution is -2.48. The SMILES string of the molecule is CN1CCCC1c1nc(C2CN(C(=O)c3ccsc3)C2)no1. The van der Waals surface area contributed by atoms with Gasteiger partial charge in [0.05, 0.1) is 17.5 Å². The van der Waals surface area contributed by atoms with Crippen molar-refractivity contribution in [3.8, 4) is 0 Å². The van der Waals surface area contributed by atoms with Crippen LogP contribution in [0.25, 0.3) is 0 Å². The lowest BCUT2D eigenvalue weighted by molar-refractivity contribution is 0.0593. The summed E-state index contributed by atoms with van der Waals surface area (Å²) in [5, 5.41) is 7.94. The van der Waals surface area contributed by atoms with Gasteiger partial charge in [-0.1, -0.05) is 5.16 Å². The Hall–Kier alpha value is -1.73. The largest absolute Gasteiger partial charge is 0.338 e. The molecule has 22 heavy (non-hydrogen) atoms. The average Bonchev–Trinajstić information content (AvgIpc) is 3.16. The zero-order chi connectivity index (χ0) is 15.1. The molecule has 0 N–H and O–H groups in total. The van der Waals surface area contributed by atoms with Crippen molar-refractivity contribution in [1.29, 1.82) is 0 Å². The molecule has 6 nitrogen and oxygen atoms in total. The molecule has 4 heterocycles. The molecular formula is C15H18N4O2S. The molecule has 7 heteroatoms. The molecule has 2 fully saturated rings. The molecule has 4 rings (SSSR count). The summed E-state index contributed by atoms with van der Waals surface area (Å²) in [6.07, 6.45) is 2.25. The number of nitrogens with zero attached hydrogens (tertiary/aromatic N) is 4. The van der Waals surface area contributed by atoms with Gasteiger partial charge in [0.1, 0.15) is 0 Å². The Morgan fingerprint density at radius 3 is 3.00 bits per heavy atom. The van der Waals surface area contributed by atoms with Crippen molar-refractivity contribution in [2.24, 2.45) is 0 Å². The van der Waals surface area contributed by atoms with Gasteiger partial charge in [0.2, 0.25) is 5.89 Å². The number of hydrogen-bond acceptors (Lipinski definition) is 6. The van der Waals surface area contributed by atoms with Crippen LogP contribution in [0.4, 0.5) is 0 Å². The van der Waals surface area contributed by atoms with E-state index in [2.05, 4.69) is 22.1 Å². The summed E-state index contributed by atoms with van der Waals surface area (Å²) >= 11 is 1.54. The first-order valence-corrected chi connectivity index (χ1v) is 8.52. The molecule has 0 aromatic carbocycles. The number of amides is 1. The van der Waals surface area contributed by atoms with Gasteiger partial charge in [-0.05, 0) is 37.9 Å². The van der Waals surface area contributed by atoms with Gasteiger partial charge in [0.15, 0.2) is 5.82 Å². The van der Waals surface area contributed by atoms with E-state index in [1.807, 2.05) is 21.7 Å². The summed E-state index contributed by atoms with van der Waals surface area (Å²) in [4.78, 5) is 20.8. The lowest BCUT2D eigenvalue weighted by Gasteiger charge is -2.37. The predicted molar refractivity (Wildman–Crippen MR) is 81.9 cm³/mol. The Morgan fingerprint density at radius 1 is 1.45 bits per heavy atom. The Kier molecular flexibility index (Phi) is 3.46. The standard InChI is InChI=1S/C15H18N4O2S/c1-18-5-2-3-12(18)14-16-13(17-21-14)11-7-19(8-11)15(20)10-4-6-22-9-10/h4,6,9,11-12H,2-3,5,7-8H2,1H3. The second-order valence-electron chi connectivity index (χ2n) is 6.05. The lowest BCUT2D eigenvalue weighted by atomic mass is 9.98. The van der Waals surface area contributed by atoms with Crippen molar-refractivity contribution in [3.63, 3.8) is 0 Å². The summed E-state index contributed by atoms with van der Waals surface area (Å²) in [5.41, 5.74) is 0.768. The molecule has 116 valence electrons. The normalized spacial score (nSPS) is 23.0. The van der Waals surface area contributed by atoms with Gasteiger partial charge in [-0.25, -0.2) is 0 Å². The highest BCUT2D eigenvalue weighted by Gasteiger charge is 2.36. The number of likely N-dealkylation sites (tertiary alicyclic amines) is 2. The van der Waals surface area contributed by atoms with Crippen molar-refractivity contribution in [2.45, 2.75) is 24.8 Å².